The number of nitrogens with two attached hydrogens (primary N) is 1. The number of hydrogen-bond donors (Lipinski definition) is 2. The summed E-state index contributed by atoms with van der Waals surface area (Å²) in [5.74, 6) is 0.514. The molecule has 3 nitrogen and oxygen atoms in total. The Bertz CT molecular complexity index is 587. The second-order valence-electron chi connectivity index (χ2n) is 4.83. The molecule has 0 spiro atoms. The van der Waals surface area contributed by atoms with E-state index in [0.717, 1.165) is 12.1 Å². The van der Waals surface area contributed by atoms with Crippen LogP contribution in [-0.2, 0) is 6.42 Å². The summed E-state index contributed by atoms with van der Waals surface area (Å²) in [6.07, 6.45) is 1.54. The number of hydrogen-bond acceptors (Lipinski definition) is 3. The monoisotopic (exact) mass is 288 g/mol. The molecule has 0 fully saturated rings. The Hall–Kier alpha value is -2.23. The van der Waals surface area contributed by atoms with Gasteiger partial charge in [0, 0.05) is 6.54 Å². The first-order chi connectivity index (χ1) is 10.2. The van der Waals surface area contributed by atoms with Crippen LogP contribution in [0.15, 0.2) is 42.5 Å². The van der Waals surface area contributed by atoms with Crippen molar-refractivity contribution in [3.8, 4) is 5.75 Å². The molecule has 2 aromatic carbocycles. The molecule has 2 aromatic rings. The third-order valence-corrected chi connectivity index (χ3v) is 3.20. The Kier molecular flexibility index (Phi) is 5.43. The number of rotatable bonds is 7. The van der Waals surface area contributed by atoms with Crippen molar-refractivity contribution < 1.29 is 9.13 Å². The smallest absolute Gasteiger partial charge is 0.144 e. The molecule has 2 rings (SSSR count). The van der Waals surface area contributed by atoms with Gasteiger partial charge in [-0.1, -0.05) is 31.2 Å². The van der Waals surface area contributed by atoms with E-state index in [1.165, 1.54) is 6.07 Å². The first kappa shape index (κ1) is 15.2. The number of halogens is 1. The van der Waals surface area contributed by atoms with E-state index in [2.05, 4.69) is 5.32 Å². The molecule has 0 unspecified atom stereocenters. The van der Waals surface area contributed by atoms with Crippen molar-refractivity contribution in [3.63, 3.8) is 0 Å². The molecule has 0 bridgehead atoms. The van der Waals surface area contributed by atoms with Gasteiger partial charge in [0.2, 0.25) is 0 Å². The quantitative estimate of drug-likeness (QED) is 0.761. The molecule has 0 aromatic heterocycles. The van der Waals surface area contributed by atoms with Crippen molar-refractivity contribution in [2.45, 2.75) is 19.8 Å². The highest BCUT2D eigenvalue weighted by Gasteiger charge is 2.06. The highest BCUT2D eigenvalue weighted by atomic mass is 19.1. The van der Waals surface area contributed by atoms with E-state index in [9.17, 15) is 4.39 Å². The van der Waals surface area contributed by atoms with Crippen molar-refractivity contribution in [3.05, 3.63) is 53.8 Å². The van der Waals surface area contributed by atoms with E-state index in [1.54, 1.807) is 12.1 Å². The highest BCUT2D eigenvalue weighted by molar-refractivity contribution is 5.72. The van der Waals surface area contributed by atoms with Crippen LogP contribution in [0.25, 0.3) is 0 Å². The zero-order valence-corrected chi connectivity index (χ0v) is 12.2. The molecule has 0 heterocycles. The van der Waals surface area contributed by atoms with Crippen LogP contribution in [0.5, 0.6) is 5.75 Å². The summed E-state index contributed by atoms with van der Waals surface area (Å²) < 4.78 is 19.1. The van der Waals surface area contributed by atoms with E-state index in [0.29, 0.717) is 36.6 Å². The molecule has 112 valence electrons. The second-order valence-corrected chi connectivity index (χ2v) is 4.83. The van der Waals surface area contributed by atoms with E-state index in [4.69, 9.17) is 10.5 Å². The number of para-hydroxylation sites is 1. The van der Waals surface area contributed by atoms with Crippen LogP contribution in [0.3, 0.4) is 0 Å². The first-order valence-electron chi connectivity index (χ1n) is 7.21. The van der Waals surface area contributed by atoms with Gasteiger partial charge >= 0.3 is 0 Å². The van der Waals surface area contributed by atoms with Crippen LogP contribution in [-0.4, -0.2) is 13.2 Å². The molecule has 0 aliphatic heterocycles. The molecule has 21 heavy (non-hydrogen) atoms. The largest absolute Gasteiger partial charge is 0.491 e. The first-order valence-corrected chi connectivity index (χ1v) is 7.21. The molecule has 0 saturated heterocycles. The maximum atomic E-state index is 13.5. The lowest BCUT2D eigenvalue weighted by molar-refractivity contribution is 0.319. The topological polar surface area (TPSA) is 47.3 Å². The Balaban J connectivity index is 1.95. The van der Waals surface area contributed by atoms with Gasteiger partial charge < -0.3 is 15.8 Å². The summed E-state index contributed by atoms with van der Waals surface area (Å²) in [5, 5.41) is 3.23. The third kappa shape index (κ3) is 4.12. The maximum Gasteiger partial charge on any atom is 0.144 e. The molecule has 3 N–H and O–H groups in total. The SMILES string of the molecule is CCCOc1cccc(NCCc2ccccc2F)c1N. The Morgan fingerprint density at radius 3 is 2.71 bits per heavy atom. The average molecular weight is 288 g/mol. The predicted octanol–water partition coefficient (Wildman–Crippen LogP) is 3.85. The summed E-state index contributed by atoms with van der Waals surface area (Å²) in [4.78, 5) is 0. The fourth-order valence-electron chi connectivity index (χ4n) is 2.07. The lowest BCUT2D eigenvalue weighted by Gasteiger charge is -2.13. The Morgan fingerprint density at radius 2 is 1.95 bits per heavy atom. The van der Waals surface area contributed by atoms with Crippen molar-refractivity contribution in [1.82, 2.24) is 0 Å². The lowest BCUT2D eigenvalue weighted by atomic mass is 10.1. The normalized spacial score (nSPS) is 10.4. The van der Waals surface area contributed by atoms with Gasteiger partial charge in [0.15, 0.2) is 0 Å². The molecule has 0 aliphatic rings. The maximum absolute atomic E-state index is 13.5. The lowest BCUT2D eigenvalue weighted by Crippen LogP contribution is -2.09. The van der Waals surface area contributed by atoms with Gasteiger partial charge in [-0.2, -0.15) is 0 Å². The number of benzene rings is 2. The fourth-order valence-corrected chi connectivity index (χ4v) is 2.07. The molecule has 0 amide bonds. The molecule has 0 atom stereocenters. The minimum atomic E-state index is -0.174. The van der Waals surface area contributed by atoms with Crippen LogP contribution in [0.4, 0.5) is 15.8 Å². The second kappa shape index (κ2) is 7.53. The van der Waals surface area contributed by atoms with E-state index >= 15 is 0 Å². The number of nitrogen functional groups attached to an aromatic ring is 1. The minimum Gasteiger partial charge on any atom is -0.491 e. The fraction of sp³-hybridized carbons (Fsp3) is 0.294. The molecule has 0 saturated carbocycles. The third-order valence-electron chi connectivity index (χ3n) is 3.20. The summed E-state index contributed by atoms with van der Waals surface area (Å²) in [5.41, 5.74) is 8.18. The number of anilines is 2. The summed E-state index contributed by atoms with van der Waals surface area (Å²) in [6.45, 7) is 3.30. The van der Waals surface area contributed by atoms with E-state index in [1.807, 2.05) is 31.2 Å². The van der Waals surface area contributed by atoms with Crippen LogP contribution in [0.1, 0.15) is 18.9 Å². The van der Waals surface area contributed by atoms with E-state index < -0.39 is 0 Å². The Morgan fingerprint density at radius 1 is 1.14 bits per heavy atom. The van der Waals surface area contributed by atoms with Crippen LogP contribution < -0.4 is 15.8 Å². The number of ether oxygens (including phenoxy) is 1. The Labute approximate surface area is 124 Å². The average Bonchev–Trinajstić information content (AvgIpc) is 2.49. The zero-order chi connectivity index (χ0) is 15.1. The van der Waals surface area contributed by atoms with Gasteiger partial charge in [-0.3, -0.25) is 0 Å². The van der Waals surface area contributed by atoms with Crippen molar-refractivity contribution in [2.75, 3.05) is 24.2 Å². The summed E-state index contributed by atoms with van der Waals surface area (Å²) >= 11 is 0. The van der Waals surface area contributed by atoms with Gasteiger partial charge in [0.25, 0.3) is 0 Å². The van der Waals surface area contributed by atoms with Gasteiger partial charge in [-0.25, -0.2) is 4.39 Å². The molecule has 0 radical (unpaired) electrons. The van der Waals surface area contributed by atoms with Crippen LogP contribution >= 0.6 is 0 Å². The molecule has 0 aliphatic carbocycles. The van der Waals surface area contributed by atoms with E-state index in [-0.39, 0.29) is 5.82 Å². The summed E-state index contributed by atoms with van der Waals surface area (Å²) in [6, 6.07) is 12.4. The van der Waals surface area contributed by atoms with Gasteiger partial charge in [-0.15, -0.1) is 0 Å². The summed E-state index contributed by atoms with van der Waals surface area (Å²) in [7, 11) is 0. The van der Waals surface area contributed by atoms with Gasteiger partial charge in [0.1, 0.15) is 11.6 Å². The number of nitrogens with one attached hydrogen (secondary N) is 1. The van der Waals surface area contributed by atoms with Crippen molar-refractivity contribution in [2.24, 2.45) is 0 Å². The van der Waals surface area contributed by atoms with Gasteiger partial charge in [0.05, 0.1) is 18.0 Å². The molecular formula is C17H21FN2O. The molecular weight excluding hydrogens is 267 g/mol. The molecule has 4 heteroatoms. The minimum absolute atomic E-state index is 0.174. The zero-order valence-electron chi connectivity index (χ0n) is 12.2. The van der Waals surface area contributed by atoms with Crippen LogP contribution in [0, 0.1) is 5.82 Å². The van der Waals surface area contributed by atoms with Crippen molar-refractivity contribution in [1.29, 1.82) is 0 Å². The van der Waals surface area contributed by atoms with Crippen molar-refractivity contribution >= 4 is 11.4 Å². The van der Waals surface area contributed by atoms with Gasteiger partial charge in [-0.05, 0) is 36.6 Å². The highest BCUT2D eigenvalue weighted by Crippen LogP contribution is 2.29. The van der Waals surface area contributed by atoms with Crippen LogP contribution in [0.2, 0.25) is 0 Å². The predicted molar refractivity (Wildman–Crippen MR) is 85.2 cm³/mol. The standard InChI is InChI=1S/C17H21FN2O/c1-2-12-21-16-9-5-8-15(17(16)19)20-11-10-13-6-3-4-7-14(13)18/h3-9,20H,2,10-12,19H2,1H3.